The van der Waals surface area contributed by atoms with Crippen molar-refractivity contribution in [2.24, 2.45) is 0 Å². The van der Waals surface area contributed by atoms with E-state index < -0.39 is 16.3 Å². The minimum atomic E-state index is -3.73. The first-order chi connectivity index (χ1) is 13.5. The predicted octanol–water partition coefficient (Wildman–Crippen LogP) is 3.44. The lowest BCUT2D eigenvalue weighted by Crippen LogP contribution is -2.40. The molecule has 6 heteroatoms. The van der Waals surface area contributed by atoms with Crippen molar-refractivity contribution in [2.45, 2.75) is 32.0 Å². The first kappa shape index (κ1) is 22.1. The Bertz CT molecular complexity index is 878. The molecule has 0 fully saturated rings. The molecule has 2 aromatic rings. The summed E-state index contributed by atoms with van der Waals surface area (Å²) >= 11 is 0. The zero-order valence-corrected chi connectivity index (χ0v) is 17.4. The standard InChI is InChI=1S/C22H27NO4S/c1-4-26-22(27-5-2)18-23(17-9-12-20-10-7-6-8-11-20)28(24,25)21-15-13-19(3)14-16-21/h6-8,10-11,13-16,22H,4-5,17-18H2,1-3H3. The molecule has 0 saturated heterocycles. The van der Waals surface area contributed by atoms with Gasteiger partial charge in [-0.1, -0.05) is 47.7 Å². The van der Waals surface area contributed by atoms with Gasteiger partial charge in [-0.25, -0.2) is 8.42 Å². The number of ether oxygens (including phenoxy) is 2. The van der Waals surface area contributed by atoms with Crippen LogP contribution in [-0.2, 0) is 19.5 Å². The molecular weight excluding hydrogens is 374 g/mol. The summed E-state index contributed by atoms with van der Waals surface area (Å²) in [6, 6.07) is 16.2. The average Bonchev–Trinajstić information content (AvgIpc) is 2.68. The maximum Gasteiger partial charge on any atom is 0.244 e. The van der Waals surface area contributed by atoms with Crippen LogP contribution in [0.4, 0.5) is 0 Å². The van der Waals surface area contributed by atoms with Crippen molar-refractivity contribution in [3.05, 3.63) is 65.7 Å². The van der Waals surface area contributed by atoms with Crippen LogP contribution < -0.4 is 0 Å². The Labute approximate surface area is 168 Å². The number of hydrogen-bond donors (Lipinski definition) is 0. The van der Waals surface area contributed by atoms with Crippen LogP contribution in [0.25, 0.3) is 0 Å². The molecule has 2 aromatic carbocycles. The van der Waals surface area contributed by atoms with Gasteiger partial charge in [0.05, 0.1) is 18.0 Å². The van der Waals surface area contributed by atoms with E-state index in [1.807, 2.05) is 51.1 Å². The van der Waals surface area contributed by atoms with Crippen molar-refractivity contribution in [3.63, 3.8) is 0 Å². The summed E-state index contributed by atoms with van der Waals surface area (Å²) in [7, 11) is -3.73. The van der Waals surface area contributed by atoms with Crippen LogP contribution in [0.2, 0.25) is 0 Å². The van der Waals surface area contributed by atoms with E-state index in [9.17, 15) is 8.42 Å². The third-order valence-corrected chi connectivity index (χ3v) is 5.80. The first-order valence-corrected chi connectivity index (χ1v) is 10.7. The van der Waals surface area contributed by atoms with E-state index in [1.54, 1.807) is 24.3 Å². The van der Waals surface area contributed by atoms with Crippen LogP contribution in [-0.4, -0.2) is 45.3 Å². The van der Waals surface area contributed by atoms with Crippen molar-refractivity contribution in [3.8, 4) is 11.8 Å². The molecule has 5 nitrogen and oxygen atoms in total. The van der Waals surface area contributed by atoms with Crippen molar-refractivity contribution in [1.82, 2.24) is 4.31 Å². The number of hydrogen-bond acceptors (Lipinski definition) is 4. The number of benzene rings is 2. The van der Waals surface area contributed by atoms with Crippen LogP contribution >= 0.6 is 0 Å². The number of sulfonamides is 1. The lowest BCUT2D eigenvalue weighted by Gasteiger charge is -2.25. The van der Waals surface area contributed by atoms with E-state index in [0.717, 1.165) is 11.1 Å². The fourth-order valence-electron chi connectivity index (χ4n) is 2.55. The zero-order valence-electron chi connectivity index (χ0n) is 16.6. The van der Waals surface area contributed by atoms with Crippen LogP contribution in [0.3, 0.4) is 0 Å². The second kappa shape index (κ2) is 11.0. The molecule has 0 N–H and O–H groups in total. The predicted molar refractivity (Wildman–Crippen MR) is 110 cm³/mol. The average molecular weight is 402 g/mol. The molecule has 0 aromatic heterocycles. The maximum atomic E-state index is 13.2. The van der Waals surface area contributed by atoms with Crippen LogP contribution in [0, 0.1) is 18.8 Å². The van der Waals surface area contributed by atoms with Gasteiger partial charge in [0.1, 0.15) is 0 Å². The second-order valence-corrected chi connectivity index (χ2v) is 8.06. The monoisotopic (exact) mass is 401 g/mol. The molecule has 0 amide bonds. The van der Waals surface area contributed by atoms with E-state index in [0.29, 0.717) is 13.2 Å². The minimum Gasteiger partial charge on any atom is -0.352 e. The first-order valence-electron chi connectivity index (χ1n) is 9.31. The summed E-state index contributed by atoms with van der Waals surface area (Å²) in [4.78, 5) is 0.228. The van der Waals surface area contributed by atoms with Gasteiger partial charge in [-0.15, -0.1) is 0 Å². The molecule has 150 valence electrons. The Morgan fingerprint density at radius 1 is 0.964 bits per heavy atom. The molecule has 0 radical (unpaired) electrons. The Hall–Kier alpha value is -2.17. The highest BCUT2D eigenvalue weighted by Gasteiger charge is 2.27. The molecule has 0 spiro atoms. The van der Waals surface area contributed by atoms with Crippen molar-refractivity contribution >= 4 is 10.0 Å². The molecule has 0 atom stereocenters. The molecule has 28 heavy (non-hydrogen) atoms. The van der Waals surface area contributed by atoms with E-state index in [4.69, 9.17) is 9.47 Å². The van der Waals surface area contributed by atoms with Gasteiger partial charge in [0.2, 0.25) is 10.0 Å². The summed E-state index contributed by atoms with van der Waals surface area (Å²) < 4.78 is 38.8. The number of rotatable bonds is 9. The van der Waals surface area contributed by atoms with Gasteiger partial charge < -0.3 is 9.47 Å². The zero-order chi connectivity index (χ0) is 20.4. The highest BCUT2D eigenvalue weighted by Crippen LogP contribution is 2.17. The third-order valence-electron chi connectivity index (χ3n) is 3.98. The minimum absolute atomic E-state index is 0.0434. The molecule has 0 unspecified atom stereocenters. The summed E-state index contributed by atoms with van der Waals surface area (Å²) in [5.41, 5.74) is 1.83. The Balaban J connectivity index is 2.29. The van der Waals surface area contributed by atoms with Crippen molar-refractivity contribution < 1.29 is 17.9 Å². The molecule has 0 aliphatic heterocycles. The Morgan fingerprint density at radius 2 is 1.57 bits per heavy atom. The fraction of sp³-hybridized carbons (Fsp3) is 0.364. The van der Waals surface area contributed by atoms with E-state index in [-0.39, 0.29) is 18.0 Å². The smallest absolute Gasteiger partial charge is 0.244 e. The summed E-state index contributed by atoms with van der Waals surface area (Å²) in [5, 5.41) is 0. The topological polar surface area (TPSA) is 55.8 Å². The van der Waals surface area contributed by atoms with Gasteiger partial charge in [-0.2, -0.15) is 4.31 Å². The SMILES string of the molecule is CCOC(CN(CC#Cc1ccccc1)S(=O)(=O)c1ccc(C)cc1)OCC. The van der Waals surface area contributed by atoms with Crippen LogP contribution in [0.15, 0.2) is 59.5 Å². The van der Waals surface area contributed by atoms with Crippen molar-refractivity contribution in [2.75, 3.05) is 26.3 Å². The molecule has 0 aliphatic rings. The lowest BCUT2D eigenvalue weighted by molar-refractivity contribution is -0.139. The molecule has 0 aliphatic carbocycles. The van der Waals surface area contributed by atoms with Gasteiger partial charge >= 0.3 is 0 Å². The van der Waals surface area contributed by atoms with Crippen LogP contribution in [0.1, 0.15) is 25.0 Å². The van der Waals surface area contributed by atoms with E-state index in [2.05, 4.69) is 11.8 Å². The fourth-order valence-corrected chi connectivity index (χ4v) is 3.88. The number of nitrogens with zero attached hydrogens (tertiary/aromatic N) is 1. The Morgan fingerprint density at radius 3 is 2.14 bits per heavy atom. The molecule has 0 heterocycles. The Kier molecular flexibility index (Phi) is 8.68. The highest BCUT2D eigenvalue weighted by atomic mass is 32.2. The molecule has 0 bridgehead atoms. The highest BCUT2D eigenvalue weighted by molar-refractivity contribution is 7.89. The van der Waals surface area contributed by atoms with Gasteiger partial charge in [-0.05, 0) is 45.0 Å². The van der Waals surface area contributed by atoms with E-state index >= 15 is 0 Å². The van der Waals surface area contributed by atoms with Crippen LogP contribution in [0.5, 0.6) is 0 Å². The lowest BCUT2D eigenvalue weighted by atomic mass is 10.2. The molecular formula is C22H27NO4S. The summed E-state index contributed by atoms with van der Waals surface area (Å²) in [6.07, 6.45) is -0.645. The van der Waals surface area contributed by atoms with Gasteiger partial charge in [0, 0.05) is 18.8 Å². The largest absolute Gasteiger partial charge is 0.352 e. The second-order valence-electron chi connectivity index (χ2n) is 6.12. The summed E-state index contributed by atoms with van der Waals surface area (Å²) in [5.74, 6) is 5.97. The van der Waals surface area contributed by atoms with Crippen molar-refractivity contribution in [1.29, 1.82) is 0 Å². The molecule has 0 saturated carbocycles. The van der Waals surface area contributed by atoms with Gasteiger partial charge in [0.15, 0.2) is 6.29 Å². The molecule has 2 rings (SSSR count). The third kappa shape index (κ3) is 6.47. The van der Waals surface area contributed by atoms with Gasteiger partial charge in [0.25, 0.3) is 0 Å². The number of aryl methyl sites for hydroxylation is 1. The normalized spacial score (nSPS) is 11.5. The van der Waals surface area contributed by atoms with Gasteiger partial charge in [-0.3, -0.25) is 0 Å². The summed E-state index contributed by atoms with van der Waals surface area (Å²) in [6.45, 7) is 6.58. The quantitative estimate of drug-likeness (QED) is 0.477. The maximum absolute atomic E-state index is 13.2. The van der Waals surface area contributed by atoms with E-state index in [1.165, 1.54) is 4.31 Å².